The van der Waals surface area contributed by atoms with E-state index in [0.717, 1.165) is 31.5 Å². The third kappa shape index (κ3) is 8.52. The molecule has 1 aromatic carbocycles. The minimum Gasteiger partial charge on any atom is -0.444 e. The zero-order valence-electron chi connectivity index (χ0n) is 13.9. The first-order chi connectivity index (χ1) is 10.4. The van der Waals surface area contributed by atoms with Crippen molar-refractivity contribution < 1.29 is 9.53 Å². The smallest absolute Gasteiger partial charge is 0.407 e. The molecule has 0 atom stereocenters. The van der Waals surface area contributed by atoms with E-state index in [1.807, 2.05) is 20.8 Å². The summed E-state index contributed by atoms with van der Waals surface area (Å²) >= 11 is 0. The molecule has 0 aliphatic rings. The largest absolute Gasteiger partial charge is 0.444 e. The number of nitrogens with one attached hydrogen (secondary N) is 2. The summed E-state index contributed by atoms with van der Waals surface area (Å²) in [6.07, 6.45) is 2.63. The molecule has 124 valence electrons. The highest BCUT2D eigenvalue weighted by molar-refractivity contribution is 5.67. The summed E-state index contributed by atoms with van der Waals surface area (Å²) in [6.45, 7) is 7.64. The van der Waals surface area contributed by atoms with Gasteiger partial charge in [0, 0.05) is 25.3 Å². The van der Waals surface area contributed by atoms with Gasteiger partial charge in [0.05, 0.1) is 0 Å². The van der Waals surface area contributed by atoms with Gasteiger partial charge in [-0.05, 0) is 57.7 Å². The van der Waals surface area contributed by atoms with Gasteiger partial charge in [-0.2, -0.15) is 0 Å². The number of ether oxygens (including phenoxy) is 1. The van der Waals surface area contributed by atoms with Crippen LogP contribution in [0, 0.1) is 0 Å². The fourth-order valence-electron chi connectivity index (χ4n) is 1.96. The van der Waals surface area contributed by atoms with E-state index in [9.17, 15) is 4.79 Å². The highest BCUT2D eigenvalue weighted by Gasteiger charge is 2.15. The number of carbonyl (C=O) groups is 1. The van der Waals surface area contributed by atoms with Crippen molar-refractivity contribution in [3.63, 3.8) is 0 Å². The van der Waals surface area contributed by atoms with Gasteiger partial charge >= 0.3 is 6.09 Å². The second kappa shape index (κ2) is 9.30. The number of rotatable bonds is 8. The molecule has 0 heterocycles. The number of hydrogen-bond acceptors (Lipinski definition) is 4. The van der Waals surface area contributed by atoms with Crippen LogP contribution in [0.5, 0.6) is 0 Å². The normalized spacial score (nSPS) is 11.1. The summed E-state index contributed by atoms with van der Waals surface area (Å²) in [6, 6.07) is 8.40. The quantitative estimate of drug-likeness (QED) is 0.645. The van der Waals surface area contributed by atoms with Gasteiger partial charge in [-0.15, -0.1) is 0 Å². The molecular formula is C17H29N3O2. The van der Waals surface area contributed by atoms with E-state index in [1.54, 1.807) is 0 Å². The molecule has 22 heavy (non-hydrogen) atoms. The zero-order chi connectivity index (χ0) is 16.4. The van der Waals surface area contributed by atoms with Crippen molar-refractivity contribution in [2.24, 2.45) is 5.73 Å². The molecule has 0 radical (unpaired) electrons. The molecule has 5 nitrogen and oxygen atoms in total. The maximum Gasteiger partial charge on any atom is 0.407 e. The van der Waals surface area contributed by atoms with Crippen molar-refractivity contribution in [1.29, 1.82) is 0 Å². The van der Waals surface area contributed by atoms with E-state index in [4.69, 9.17) is 10.5 Å². The number of unbranched alkanes of at least 4 members (excludes halogenated alkanes) is 1. The molecule has 0 bridgehead atoms. The lowest BCUT2D eigenvalue weighted by Gasteiger charge is -2.19. The van der Waals surface area contributed by atoms with Gasteiger partial charge in [0.1, 0.15) is 5.60 Å². The molecule has 0 aliphatic heterocycles. The highest BCUT2D eigenvalue weighted by Crippen LogP contribution is 2.11. The first kappa shape index (κ1) is 18.3. The van der Waals surface area contributed by atoms with Crippen LogP contribution in [0.4, 0.5) is 10.5 Å². The molecule has 0 saturated carbocycles. The van der Waals surface area contributed by atoms with Crippen LogP contribution in [0.3, 0.4) is 0 Å². The van der Waals surface area contributed by atoms with Gasteiger partial charge < -0.3 is 21.1 Å². The summed E-state index contributed by atoms with van der Waals surface area (Å²) in [5, 5.41) is 6.02. The fourth-order valence-corrected chi connectivity index (χ4v) is 1.96. The first-order valence-electron chi connectivity index (χ1n) is 7.90. The predicted molar refractivity (Wildman–Crippen MR) is 91.2 cm³/mol. The lowest BCUT2D eigenvalue weighted by molar-refractivity contribution is 0.0527. The standard InChI is InChI=1S/C17H29N3O2/c1-17(2,3)22-16(21)20-12-5-4-6-14-7-9-15(10-8-14)19-13-11-18/h7-10,19H,4-6,11-13,18H2,1-3H3,(H,20,21). The van der Waals surface area contributed by atoms with Crippen LogP contribution in [-0.4, -0.2) is 31.3 Å². The van der Waals surface area contributed by atoms with E-state index in [0.29, 0.717) is 13.1 Å². The number of amides is 1. The number of carbonyl (C=O) groups excluding carboxylic acids is 1. The second-order valence-corrected chi connectivity index (χ2v) is 6.30. The Kier molecular flexibility index (Phi) is 7.74. The molecule has 0 fully saturated rings. The third-order valence-corrected chi connectivity index (χ3v) is 2.99. The molecule has 1 amide bonds. The molecule has 0 aromatic heterocycles. The molecule has 5 heteroatoms. The zero-order valence-corrected chi connectivity index (χ0v) is 13.9. The Balaban J connectivity index is 2.15. The minimum absolute atomic E-state index is 0.345. The van der Waals surface area contributed by atoms with Crippen LogP contribution in [0.1, 0.15) is 39.2 Å². The topological polar surface area (TPSA) is 76.4 Å². The summed E-state index contributed by atoms with van der Waals surface area (Å²) in [7, 11) is 0. The van der Waals surface area contributed by atoms with Crippen LogP contribution in [0.15, 0.2) is 24.3 Å². The molecule has 0 aliphatic carbocycles. The maximum atomic E-state index is 11.5. The van der Waals surface area contributed by atoms with E-state index in [2.05, 4.69) is 34.9 Å². The molecule has 0 spiro atoms. The molecule has 1 rings (SSSR count). The maximum absolute atomic E-state index is 11.5. The van der Waals surface area contributed by atoms with Crippen LogP contribution < -0.4 is 16.4 Å². The number of benzene rings is 1. The Morgan fingerprint density at radius 1 is 1.14 bits per heavy atom. The van der Waals surface area contributed by atoms with Gasteiger partial charge in [-0.25, -0.2) is 4.79 Å². The average molecular weight is 307 g/mol. The number of hydrogen-bond donors (Lipinski definition) is 3. The SMILES string of the molecule is CC(C)(C)OC(=O)NCCCCc1ccc(NCCN)cc1. The summed E-state index contributed by atoms with van der Waals surface area (Å²) in [5.41, 5.74) is 7.41. The lowest BCUT2D eigenvalue weighted by atomic mass is 10.1. The van der Waals surface area contributed by atoms with Gasteiger partial charge in [0.25, 0.3) is 0 Å². The lowest BCUT2D eigenvalue weighted by Crippen LogP contribution is -2.33. The highest BCUT2D eigenvalue weighted by atomic mass is 16.6. The summed E-state index contributed by atoms with van der Waals surface area (Å²) < 4.78 is 5.18. The van der Waals surface area contributed by atoms with Gasteiger partial charge in [0.2, 0.25) is 0 Å². The van der Waals surface area contributed by atoms with E-state index in [1.165, 1.54) is 5.56 Å². The van der Waals surface area contributed by atoms with Crippen LogP contribution in [-0.2, 0) is 11.2 Å². The predicted octanol–water partition coefficient (Wildman–Crippen LogP) is 2.90. The Labute approximate surface area is 133 Å². The van der Waals surface area contributed by atoms with Gasteiger partial charge in [-0.1, -0.05) is 12.1 Å². The Morgan fingerprint density at radius 3 is 2.41 bits per heavy atom. The molecule has 1 aromatic rings. The van der Waals surface area contributed by atoms with Crippen molar-refractivity contribution in [3.8, 4) is 0 Å². The van der Waals surface area contributed by atoms with Crippen molar-refractivity contribution in [3.05, 3.63) is 29.8 Å². The summed E-state index contributed by atoms with van der Waals surface area (Å²) in [5.74, 6) is 0. The monoisotopic (exact) mass is 307 g/mol. The second-order valence-electron chi connectivity index (χ2n) is 6.30. The van der Waals surface area contributed by atoms with Gasteiger partial charge in [0.15, 0.2) is 0 Å². The number of nitrogens with two attached hydrogens (primary N) is 1. The van der Waals surface area contributed by atoms with Crippen LogP contribution in [0.25, 0.3) is 0 Å². The van der Waals surface area contributed by atoms with Crippen molar-refractivity contribution in [1.82, 2.24) is 5.32 Å². The van der Waals surface area contributed by atoms with E-state index >= 15 is 0 Å². The molecule has 0 saturated heterocycles. The van der Waals surface area contributed by atoms with E-state index in [-0.39, 0.29) is 6.09 Å². The third-order valence-electron chi connectivity index (χ3n) is 2.99. The Bertz CT molecular complexity index is 438. The number of aryl methyl sites for hydroxylation is 1. The molecular weight excluding hydrogens is 278 g/mol. The Hall–Kier alpha value is -1.75. The van der Waals surface area contributed by atoms with Crippen molar-refractivity contribution in [2.45, 2.75) is 45.6 Å². The summed E-state index contributed by atoms with van der Waals surface area (Å²) in [4.78, 5) is 11.5. The van der Waals surface area contributed by atoms with Crippen LogP contribution >= 0.6 is 0 Å². The number of alkyl carbamates (subject to hydrolysis) is 1. The first-order valence-corrected chi connectivity index (χ1v) is 7.90. The van der Waals surface area contributed by atoms with Crippen molar-refractivity contribution >= 4 is 11.8 Å². The molecule has 4 N–H and O–H groups in total. The fraction of sp³-hybridized carbons (Fsp3) is 0.588. The van der Waals surface area contributed by atoms with Crippen LogP contribution in [0.2, 0.25) is 0 Å². The number of anilines is 1. The minimum atomic E-state index is -0.441. The Morgan fingerprint density at radius 2 is 1.82 bits per heavy atom. The van der Waals surface area contributed by atoms with E-state index < -0.39 is 5.60 Å². The molecule has 0 unspecified atom stereocenters. The average Bonchev–Trinajstić information content (AvgIpc) is 2.44. The van der Waals surface area contributed by atoms with Crippen molar-refractivity contribution in [2.75, 3.05) is 25.0 Å². The van der Waals surface area contributed by atoms with Gasteiger partial charge in [-0.3, -0.25) is 0 Å².